The number of rotatable bonds is 6. The molecule has 0 aliphatic carbocycles. The number of aromatic nitrogens is 2. The second-order valence-electron chi connectivity index (χ2n) is 5.97. The smallest absolute Gasteiger partial charge is 0.335 e. The number of carboxylic acid groups (broad SMARTS) is 1. The van der Waals surface area contributed by atoms with E-state index in [-0.39, 0.29) is 28.7 Å². The Morgan fingerprint density at radius 1 is 1.14 bits per heavy atom. The highest BCUT2D eigenvalue weighted by atomic mass is 16.6. The van der Waals surface area contributed by atoms with Crippen LogP contribution in [0.4, 0.5) is 28.8 Å². The SMILES string of the molecule is Cc1nc(Nc2cccc(C(=O)O)c2)nc(N(C)c2ccccc2)c1[N+](=O)[O-]. The van der Waals surface area contributed by atoms with Gasteiger partial charge in [0.1, 0.15) is 5.69 Å². The van der Waals surface area contributed by atoms with E-state index in [1.165, 1.54) is 19.1 Å². The first-order valence-electron chi connectivity index (χ1n) is 8.29. The average molecular weight is 379 g/mol. The monoisotopic (exact) mass is 379 g/mol. The summed E-state index contributed by atoms with van der Waals surface area (Å²) in [4.78, 5) is 32.3. The number of hydrogen-bond donors (Lipinski definition) is 2. The molecule has 0 bridgehead atoms. The molecule has 3 aromatic rings. The molecule has 0 saturated carbocycles. The number of para-hydroxylation sites is 1. The third kappa shape index (κ3) is 3.88. The van der Waals surface area contributed by atoms with Gasteiger partial charge in [-0.1, -0.05) is 24.3 Å². The van der Waals surface area contributed by atoms with Crippen molar-refractivity contribution in [2.24, 2.45) is 0 Å². The zero-order valence-electron chi connectivity index (χ0n) is 15.2. The second-order valence-corrected chi connectivity index (χ2v) is 5.97. The van der Waals surface area contributed by atoms with Crippen molar-refractivity contribution in [2.45, 2.75) is 6.92 Å². The normalized spacial score (nSPS) is 10.4. The third-order valence-electron chi connectivity index (χ3n) is 4.05. The van der Waals surface area contributed by atoms with Crippen LogP contribution in [0, 0.1) is 17.0 Å². The molecule has 28 heavy (non-hydrogen) atoms. The van der Waals surface area contributed by atoms with Gasteiger partial charge in [0.05, 0.1) is 10.5 Å². The molecule has 1 heterocycles. The van der Waals surface area contributed by atoms with Crippen molar-refractivity contribution < 1.29 is 14.8 Å². The minimum atomic E-state index is -1.06. The first kappa shape index (κ1) is 18.8. The highest BCUT2D eigenvalue weighted by molar-refractivity contribution is 5.89. The van der Waals surface area contributed by atoms with E-state index in [9.17, 15) is 14.9 Å². The minimum absolute atomic E-state index is 0.102. The van der Waals surface area contributed by atoms with E-state index in [1.807, 2.05) is 30.3 Å². The lowest BCUT2D eigenvalue weighted by molar-refractivity contribution is -0.385. The van der Waals surface area contributed by atoms with Crippen molar-refractivity contribution in [1.82, 2.24) is 9.97 Å². The quantitative estimate of drug-likeness (QED) is 0.488. The number of carboxylic acids is 1. The molecule has 0 aliphatic rings. The number of anilines is 4. The lowest BCUT2D eigenvalue weighted by Crippen LogP contribution is -2.16. The van der Waals surface area contributed by atoms with Crippen molar-refractivity contribution in [3.8, 4) is 0 Å². The van der Waals surface area contributed by atoms with Crippen LogP contribution in [0.15, 0.2) is 54.6 Å². The van der Waals surface area contributed by atoms with Crippen LogP contribution in [-0.4, -0.2) is 33.0 Å². The molecule has 0 spiro atoms. The van der Waals surface area contributed by atoms with Crippen molar-refractivity contribution >= 4 is 34.8 Å². The molecule has 0 unspecified atom stereocenters. The Hall–Kier alpha value is -4.01. The molecule has 142 valence electrons. The summed E-state index contributed by atoms with van der Waals surface area (Å²) in [6, 6.07) is 15.3. The van der Waals surface area contributed by atoms with Crippen molar-refractivity contribution in [3.63, 3.8) is 0 Å². The van der Waals surface area contributed by atoms with E-state index in [1.54, 1.807) is 24.1 Å². The van der Waals surface area contributed by atoms with E-state index in [0.717, 1.165) is 5.69 Å². The van der Waals surface area contributed by atoms with Crippen LogP contribution >= 0.6 is 0 Å². The number of nitro groups is 1. The first-order chi connectivity index (χ1) is 13.4. The van der Waals surface area contributed by atoms with Gasteiger partial charge in [-0.15, -0.1) is 0 Å². The van der Waals surface area contributed by atoms with Gasteiger partial charge in [-0.25, -0.2) is 9.78 Å². The Balaban J connectivity index is 2.04. The van der Waals surface area contributed by atoms with E-state index in [0.29, 0.717) is 5.69 Å². The molecule has 9 nitrogen and oxygen atoms in total. The van der Waals surface area contributed by atoms with Gasteiger partial charge in [0.2, 0.25) is 11.8 Å². The third-order valence-corrected chi connectivity index (χ3v) is 4.05. The highest BCUT2D eigenvalue weighted by Gasteiger charge is 2.25. The Labute approximate surface area is 160 Å². The largest absolute Gasteiger partial charge is 0.478 e. The zero-order chi connectivity index (χ0) is 20.3. The van der Waals surface area contributed by atoms with Crippen LogP contribution in [0.3, 0.4) is 0 Å². The van der Waals surface area contributed by atoms with E-state index in [2.05, 4.69) is 15.3 Å². The van der Waals surface area contributed by atoms with Gasteiger partial charge in [-0.3, -0.25) is 10.1 Å². The van der Waals surface area contributed by atoms with Crippen molar-refractivity contribution in [1.29, 1.82) is 0 Å². The summed E-state index contributed by atoms with van der Waals surface area (Å²) in [6.45, 7) is 1.53. The Morgan fingerprint density at radius 3 is 2.50 bits per heavy atom. The van der Waals surface area contributed by atoms with Gasteiger partial charge in [-0.2, -0.15) is 4.98 Å². The molecule has 0 radical (unpaired) electrons. The summed E-state index contributed by atoms with van der Waals surface area (Å²) in [5.74, 6) is -0.807. The van der Waals surface area contributed by atoms with E-state index >= 15 is 0 Å². The maximum absolute atomic E-state index is 11.6. The van der Waals surface area contributed by atoms with Gasteiger partial charge in [-0.05, 0) is 37.3 Å². The predicted octanol–water partition coefficient (Wildman–Crippen LogP) is 3.90. The van der Waals surface area contributed by atoms with Crippen LogP contribution in [0.2, 0.25) is 0 Å². The van der Waals surface area contributed by atoms with Crippen molar-refractivity contribution in [2.75, 3.05) is 17.3 Å². The zero-order valence-corrected chi connectivity index (χ0v) is 15.2. The average Bonchev–Trinajstić information content (AvgIpc) is 2.67. The molecule has 0 atom stereocenters. The van der Waals surface area contributed by atoms with Gasteiger partial charge in [0, 0.05) is 18.4 Å². The van der Waals surface area contributed by atoms with Gasteiger partial charge < -0.3 is 15.3 Å². The fourth-order valence-corrected chi connectivity index (χ4v) is 2.69. The van der Waals surface area contributed by atoms with Gasteiger partial charge in [0.15, 0.2) is 0 Å². The maximum Gasteiger partial charge on any atom is 0.335 e. The number of aromatic carboxylic acids is 1. The fourth-order valence-electron chi connectivity index (χ4n) is 2.69. The molecule has 0 aliphatic heterocycles. The highest BCUT2D eigenvalue weighted by Crippen LogP contribution is 2.33. The molecule has 3 rings (SSSR count). The lowest BCUT2D eigenvalue weighted by atomic mass is 10.2. The summed E-state index contributed by atoms with van der Waals surface area (Å²) in [5.41, 5.74) is 1.28. The van der Waals surface area contributed by atoms with Crippen LogP contribution in [-0.2, 0) is 0 Å². The molecule has 9 heteroatoms. The molecule has 2 N–H and O–H groups in total. The lowest BCUT2D eigenvalue weighted by Gasteiger charge is -2.19. The van der Waals surface area contributed by atoms with Gasteiger partial charge >= 0.3 is 11.7 Å². The van der Waals surface area contributed by atoms with E-state index in [4.69, 9.17) is 5.11 Å². The maximum atomic E-state index is 11.6. The fraction of sp³-hybridized carbons (Fsp3) is 0.105. The number of nitrogens with zero attached hydrogens (tertiary/aromatic N) is 4. The molecule has 0 saturated heterocycles. The van der Waals surface area contributed by atoms with Crippen LogP contribution in [0.25, 0.3) is 0 Å². The topological polar surface area (TPSA) is 121 Å². The number of aryl methyl sites for hydroxylation is 1. The van der Waals surface area contributed by atoms with Crippen LogP contribution < -0.4 is 10.2 Å². The second kappa shape index (κ2) is 7.70. The Kier molecular flexibility index (Phi) is 5.16. The number of hydrogen-bond acceptors (Lipinski definition) is 7. The number of benzene rings is 2. The summed E-state index contributed by atoms with van der Waals surface area (Å²) < 4.78 is 0. The van der Waals surface area contributed by atoms with Crippen LogP contribution in [0.5, 0.6) is 0 Å². The molecule has 0 fully saturated rings. The van der Waals surface area contributed by atoms with E-state index < -0.39 is 10.9 Å². The summed E-state index contributed by atoms with van der Waals surface area (Å²) >= 11 is 0. The summed E-state index contributed by atoms with van der Waals surface area (Å²) in [5, 5.41) is 23.6. The predicted molar refractivity (Wildman–Crippen MR) is 105 cm³/mol. The molecular formula is C19H17N5O4. The van der Waals surface area contributed by atoms with Crippen LogP contribution in [0.1, 0.15) is 16.1 Å². The summed E-state index contributed by atoms with van der Waals surface area (Å²) in [6.07, 6.45) is 0. The van der Waals surface area contributed by atoms with Crippen molar-refractivity contribution in [3.05, 3.63) is 76.0 Å². The number of carbonyl (C=O) groups is 1. The Bertz CT molecular complexity index is 1040. The van der Waals surface area contributed by atoms with Gasteiger partial charge in [0.25, 0.3) is 0 Å². The number of nitrogens with one attached hydrogen (secondary N) is 1. The Morgan fingerprint density at radius 2 is 1.86 bits per heavy atom. The standard InChI is InChI=1S/C19H17N5O4/c1-12-16(24(27)28)17(23(2)15-9-4-3-5-10-15)22-19(20-12)21-14-8-6-7-13(11-14)18(25)26/h3-11H,1-2H3,(H,25,26)(H,20,21,22). The molecular weight excluding hydrogens is 362 g/mol. The molecule has 0 amide bonds. The molecule has 1 aromatic heterocycles. The summed E-state index contributed by atoms with van der Waals surface area (Å²) in [7, 11) is 1.68. The minimum Gasteiger partial charge on any atom is -0.478 e. The first-order valence-corrected chi connectivity index (χ1v) is 8.29. The molecule has 2 aromatic carbocycles.